The number of nitrogens with zero attached hydrogens (tertiary/aromatic N) is 5. The van der Waals surface area contributed by atoms with Gasteiger partial charge in [0.05, 0.1) is 12.2 Å². The highest BCUT2D eigenvalue weighted by molar-refractivity contribution is 5.94. The topological polar surface area (TPSA) is 73.1 Å². The SMILES string of the molecule is Cc1ccc(OCCN(C)C(=O)c2cccc(-n3cnnn3)c2)cc1. The summed E-state index contributed by atoms with van der Waals surface area (Å²) in [5.74, 6) is 0.717. The molecule has 0 aliphatic carbocycles. The molecule has 0 radical (unpaired) electrons. The van der Waals surface area contributed by atoms with Crippen LogP contribution in [0, 0.1) is 6.92 Å². The molecular formula is C18H19N5O2. The molecule has 1 amide bonds. The predicted octanol–water partition coefficient (Wildman–Crippen LogP) is 2.12. The van der Waals surface area contributed by atoms with Crippen molar-refractivity contribution in [3.63, 3.8) is 0 Å². The Morgan fingerprint density at radius 2 is 2.00 bits per heavy atom. The lowest BCUT2D eigenvalue weighted by molar-refractivity contribution is 0.0773. The van der Waals surface area contributed by atoms with Crippen molar-refractivity contribution < 1.29 is 9.53 Å². The first kappa shape index (κ1) is 16.6. The van der Waals surface area contributed by atoms with Gasteiger partial charge < -0.3 is 9.64 Å². The Labute approximate surface area is 145 Å². The molecule has 0 spiro atoms. The van der Waals surface area contributed by atoms with Crippen molar-refractivity contribution in [2.24, 2.45) is 0 Å². The van der Waals surface area contributed by atoms with E-state index >= 15 is 0 Å². The summed E-state index contributed by atoms with van der Waals surface area (Å²) in [4.78, 5) is 14.2. The van der Waals surface area contributed by atoms with Gasteiger partial charge in [-0.25, -0.2) is 4.68 Å². The minimum absolute atomic E-state index is 0.0811. The summed E-state index contributed by atoms with van der Waals surface area (Å²) < 4.78 is 7.19. The van der Waals surface area contributed by atoms with Crippen molar-refractivity contribution in [3.8, 4) is 11.4 Å². The fourth-order valence-corrected chi connectivity index (χ4v) is 2.32. The number of hydrogen-bond donors (Lipinski definition) is 0. The summed E-state index contributed by atoms with van der Waals surface area (Å²) in [5.41, 5.74) is 2.49. The Kier molecular flexibility index (Phi) is 5.03. The third-order valence-electron chi connectivity index (χ3n) is 3.77. The molecule has 7 heteroatoms. The summed E-state index contributed by atoms with van der Waals surface area (Å²) in [6, 6.07) is 15.0. The Morgan fingerprint density at radius 1 is 1.20 bits per heavy atom. The van der Waals surface area contributed by atoms with Gasteiger partial charge in [0.25, 0.3) is 5.91 Å². The Balaban J connectivity index is 1.58. The van der Waals surface area contributed by atoms with E-state index in [1.807, 2.05) is 37.3 Å². The molecule has 25 heavy (non-hydrogen) atoms. The second-order valence-electron chi connectivity index (χ2n) is 5.69. The van der Waals surface area contributed by atoms with Crippen LogP contribution in [0.5, 0.6) is 5.75 Å². The summed E-state index contributed by atoms with van der Waals surface area (Å²) in [6.45, 7) is 2.94. The summed E-state index contributed by atoms with van der Waals surface area (Å²) in [7, 11) is 1.75. The van der Waals surface area contributed by atoms with Gasteiger partial charge in [-0.2, -0.15) is 0 Å². The second-order valence-corrected chi connectivity index (χ2v) is 5.69. The van der Waals surface area contributed by atoms with Crippen LogP contribution in [0.25, 0.3) is 5.69 Å². The van der Waals surface area contributed by atoms with Gasteiger partial charge in [0.15, 0.2) is 0 Å². The number of hydrogen-bond acceptors (Lipinski definition) is 5. The highest BCUT2D eigenvalue weighted by Crippen LogP contribution is 2.12. The Hall–Kier alpha value is -3.22. The normalized spacial score (nSPS) is 10.5. The maximum absolute atomic E-state index is 12.6. The van der Waals surface area contributed by atoms with Gasteiger partial charge in [0, 0.05) is 12.6 Å². The van der Waals surface area contributed by atoms with Gasteiger partial charge in [-0.1, -0.05) is 23.8 Å². The zero-order valence-corrected chi connectivity index (χ0v) is 14.2. The Bertz CT molecular complexity index is 831. The maximum atomic E-state index is 12.6. The molecule has 0 saturated heterocycles. The highest BCUT2D eigenvalue weighted by Gasteiger charge is 2.13. The van der Waals surface area contributed by atoms with Crippen LogP contribution in [-0.4, -0.2) is 51.2 Å². The predicted molar refractivity (Wildman–Crippen MR) is 92.8 cm³/mol. The van der Waals surface area contributed by atoms with Crippen molar-refractivity contribution in [3.05, 3.63) is 66.0 Å². The Morgan fingerprint density at radius 3 is 2.72 bits per heavy atom. The molecule has 0 atom stereocenters. The first-order valence-electron chi connectivity index (χ1n) is 7.92. The van der Waals surface area contributed by atoms with Gasteiger partial charge in [-0.15, -0.1) is 5.10 Å². The average molecular weight is 337 g/mol. The molecule has 0 aliphatic rings. The van der Waals surface area contributed by atoms with E-state index in [9.17, 15) is 4.79 Å². The minimum atomic E-state index is -0.0811. The van der Waals surface area contributed by atoms with Crippen molar-refractivity contribution in [1.29, 1.82) is 0 Å². The summed E-state index contributed by atoms with van der Waals surface area (Å²) in [5, 5.41) is 11.0. The van der Waals surface area contributed by atoms with E-state index in [1.54, 1.807) is 30.1 Å². The third-order valence-corrected chi connectivity index (χ3v) is 3.77. The van der Waals surface area contributed by atoms with Crippen LogP contribution >= 0.6 is 0 Å². The molecule has 1 aromatic heterocycles. The number of benzene rings is 2. The second kappa shape index (κ2) is 7.57. The fraction of sp³-hybridized carbons (Fsp3) is 0.222. The largest absolute Gasteiger partial charge is 0.492 e. The molecule has 7 nitrogen and oxygen atoms in total. The van der Waals surface area contributed by atoms with Crippen molar-refractivity contribution in [1.82, 2.24) is 25.1 Å². The number of ether oxygens (including phenoxy) is 1. The number of tetrazole rings is 1. The first-order chi connectivity index (χ1) is 12.1. The van der Waals surface area contributed by atoms with Crippen LogP contribution in [0.15, 0.2) is 54.9 Å². The van der Waals surface area contributed by atoms with E-state index in [2.05, 4.69) is 15.5 Å². The third kappa shape index (κ3) is 4.20. The lowest BCUT2D eigenvalue weighted by Gasteiger charge is -2.18. The monoisotopic (exact) mass is 337 g/mol. The van der Waals surface area contributed by atoms with Crippen LogP contribution < -0.4 is 4.74 Å². The molecule has 1 heterocycles. The molecule has 0 aliphatic heterocycles. The van der Waals surface area contributed by atoms with Crippen LogP contribution in [0.2, 0.25) is 0 Å². The zero-order valence-electron chi connectivity index (χ0n) is 14.2. The molecule has 0 unspecified atom stereocenters. The van der Waals surface area contributed by atoms with Gasteiger partial charge in [-0.3, -0.25) is 4.79 Å². The number of amides is 1. The summed E-state index contributed by atoms with van der Waals surface area (Å²) >= 11 is 0. The van der Waals surface area contributed by atoms with Crippen molar-refractivity contribution in [2.45, 2.75) is 6.92 Å². The number of rotatable bonds is 6. The lowest BCUT2D eigenvalue weighted by atomic mass is 10.2. The van der Waals surface area contributed by atoms with Crippen molar-refractivity contribution in [2.75, 3.05) is 20.2 Å². The molecule has 3 aromatic rings. The minimum Gasteiger partial charge on any atom is -0.492 e. The fourth-order valence-electron chi connectivity index (χ4n) is 2.32. The molecule has 0 fully saturated rings. The van der Waals surface area contributed by atoms with Gasteiger partial charge in [0.1, 0.15) is 18.7 Å². The molecule has 2 aromatic carbocycles. The van der Waals surface area contributed by atoms with E-state index in [0.717, 1.165) is 11.4 Å². The zero-order chi connectivity index (χ0) is 17.6. The smallest absolute Gasteiger partial charge is 0.253 e. The number of aromatic nitrogens is 4. The van der Waals surface area contributed by atoms with E-state index in [4.69, 9.17) is 4.74 Å². The number of aryl methyl sites for hydroxylation is 1. The average Bonchev–Trinajstić information content (AvgIpc) is 3.17. The molecule has 3 rings (SSSR count). The van der Waals surface area contributed by atoms with Crippen molar-refractivity contribution >= 4 is 5.91 Å². The van der Waals surface area contributed by atoms with Gasteiger partial charge >= 0.3 is 0 Å². The van der Waals surface area contributed by atoms with Crippen LogP contribution in [0.3, 0.4) is 0 Å². The van der Waals surface area contributed by atoms with E-state index < -0.39 is 0 Å². The molecule has 0 saturated carbocycles. The molecule has 0 N–H and O–H groups in total. The van der Waals surface area contributed by atoms with E-state index in [1.165, 1.54) is 16.6 Å². The maximum Gasteiger partial charge on any atom is 0.253 e. The van der Waals surface area contributed by atoms with Crippen LogP contribution in [0.4, 0.5) is 0 Å². The standard InChI is InChI=1S/C18H19N5O2/c1-14-6-8-17(9-7-14)25-11-10-22(2)18(24)15-4-3-5-16(12-15)23-13-19-20-21-23/h3-9,12-13H,10-11H2,1-2H3. The number of likely N-dealkylation sites (N-methyl/N-ethyl adjacent to an activating group) is 1. The quantitative estimate of drug-likeness (QED) is 0.689. The summed E-state index contributed by atoms with van der Waals surface area (Å²) in [6.07, 6.45) is 1.49. The first-order valence-corrected chi connectivity index (χ1v) is 7.92. The van der Waals surface area contributed by atoms with Crippen LogP contribution in [0.1, 0.15) is 15.9 Å². The van der Waals surface area contributed by atoms with Crippen LogP contribution in [-0.2, 0) is 0 Å². The van der Waals surface area contributed by atoms with Gasteiger partial charge in [-0.05, 0) is 47.7 Å². The highest BCUT2D eigenvalue weighted by atomic mass is 16.5. The number of carbonyl (C=O) groups is 1. The number of carbonyl (C=O) groups excluding carboxylic acids is 1. The van der Waals surface area contributed by atoms with E-state index in [-0.39, 0.29) is 5.91 Å². The molecule has 0 bridgehead atoms. The van der Waals surface area contributed by atoms with E-state index in [0.29, 0.717) is 18.7 Å². The van der Waals surface area contributed by atoms with Gasteiger partial charge in [0.2, 0.25) is 0 Å². The molecular weight excluding hydrogens is 318 g/mol. The lowest BCUT2D eigenvalue weighted by Crippen LogP contribution is -2.30. The molecule has 128 valence electrons.